The van der Waals surface area contributed by atoms with Crippen molar-refractivity contribution < 1.29 is 4.79 Å². The lowest BCUT2D eigenvalue weighted by Gasteiger charge is -2.32. The van der Waals surface area contributed by atoms with Gasteiger partial charge in [-0.3, -0.25) is 9.78 Å². The zero-order valence-electron chi connectivity index (χ0n) is 18.8. The van der Waals surface area contributed by atoms with Gasteiger partial charge >= 0.3 is 0 Å². The molecule has 4 rings (SSSR count). The van der Waals surface area contributed by atoms with Gasteiger partial charge in [-0.15, -0.1) is 0 Å². The highest BCUT2D eigenvalue weighted by molar-refractivity contribution is 6.30. The summed E-state index contributed by atoms with van der Waals surface area (Å²) in [5.74, 6) is 0.0776. The third-order valence-electron chi connectivity index (χ3n) is 6.88. The molecule has 0 unspecified atom stereocenters. The van der Waals surface area contributed by atoms with Crippen LogP contribution in [0.3, 0.4) is 0 Å². The van der Waals surface area contributed by atoms with Gasteiger partial charge in [0.1, 0.15) is 0 Å². The molecule has 1 fully saturated rings. The zero-order valence-corrected chi connectivity index (χ0v) is 19.6. The van der Waals surface area contributed by atoms with Crippen molar-refractivity contribution in [3.8, 4) is 6.07 Å². The minimum Gasteiger partial charge on any atom is -0.352 e. The number of carbonyl (C=O) groups is 1. The van der Waals surface area contributed by atoms with Crippen LogP contribution in [0.2, 0.25) is 5.02 Å². The molecule has 0 radical (unpaired) electrons. The fraction of sp³-hybridized carbons (Fsp3) is 0.321. The first kappa shape index (κ1) is 23.0. The Bertz CT molecular complexity index is 1130. The van der Waals surface area contributed by atoms with E-state index < -0.39 is 5.41 Å². The largest absolute Gasteiger partial charge is 0.352 e. The molecule has 0 aliphatic heterocycles. The van der Waals surface area contributed by atoms with Gasteiger partial charge in [0.05, 0.1) is 17.0 Å². The number of benzene rings is 2. The number of aromatic nitrogens is 1. The first-order valence-corrected chi connectivity index (χ1v) is 11.9. The molecule has 1 N–H and O–H groups in total. The van der Waals surface area contributed by atoms with Gasteiger partial charge in [-0.1, -0.05) is 54.8 Å². The van der Waals surface area contributed by atoms with E-state index in [0.717, 1.165) is 48.8 Å². The van der Waals surface area contributed by atoms with E-state index in [4.69, 9.17) is 11.6 Å². The highest BCUT2D eigenvalue weighted by atomic mass is 35.5. The second kappa shape index (κ2) is 10.2. The molecule has 1 aromatic heterocycles. The van der Waals surface area contributed by atoms with Crippen LogP contribution in [0.4, 0.5) is 0 Å². The molecular formula is C28H28ClN3O. The first-order valence-electron chi connectivity index (χ1n) is 11.5. The third-order valence-corrected chi connectivity index (χ3v) is 7.13. The summed E-state index contributed by atoms with van der Waals surface area (Å²) >= 11 is 6.08. The number of halogens is 1. The van der Waals surface area contributed by atoms with Crippen LogP contribution in [-0.4, -0.2) is 16.9 Å². The number of hydrogen-bond donors (Lipinski definition) is 1. The summed E-state index contributed by atoms with van der Waals surface area (Å²) in [7, 11) is 0. The standard InChI is InChI=1S/C28H28ClN3O/c1-20(32-27(33)28(13-2-3-14-28)24-8-5-15-31-19-24)26(17-21-9-11-25(29)12-10-21)23-7-4-6-22(16-23)18-30/h4-12,15-16,19-20,26H,2-3,13-14,17H2,1H3,(H,32,33)/t20-,26+/m0/s1. The maximum absolute atomic E-state index is 13.7. The van der Waals surface area contributed by atoms with Crippen LogP contribution >= 0.6 is 11.6 Å². The Labute approximate surface area is 200 Å². The van der Waals surface area contributed by atoms with E-state index in [0.29, 0.717) is 10.6 Å². The molecule has 33 heavy (non-hydrogen) atoms. The first-order chi connectivity index (χ1) is 16.0. The van der Waals surface area contributed by atoms with Crippen LogP contribution in [0.25, 0.3) is 0 Å². The SMILES string of the molecule is C[C@H](NC(=O)C1(c2cccnc2)CCCC1)[C@@H](Cc1ccc(Cl)cc1)c1cccc(C#N)c1. The van der Waals surface area contributed by atoms with Crippen molar-refractivity contribution >= 4 is 17.5 Å². The van der Waals surface area contributed by atoms with Crippen LogP contribution in [0.1, 0.15) is 60.8 Å². The summed E-state index contributed by atoms with van der Waals surface area (Å²) in [4.78, 5) is 18.0. The lowest BCUT2D eigenvalue weighted by Crippen LogP contribution is -2.48. The second-order valence-corrected chi connectivity index (χ2v) is 9.40. The van der Waals surface area contributed by atoms with Crippen LogP contribution < -0.4 is 5.32 Å². The Hall–Kier alpha value is -3.16. The van der Waals surface area contributed by atoms with Crippen LogP contribution in [0.5, 0.6) is 0 Å². The second-order valence-electron chi connectivity index (χ2n) is 8.97. The molecule has 168 valence electrons. The third kappa shape index (κ3) is 5.10. The number of nitrogens with zero attached hydrogens (tertiary/aromatic N) is 2. The predicted molar refractivity (Wildman–Crippen MR) is 131 cm³/mol. The average Bonchev–Trinajstić information content (AvgIpc) is 3.35. The fourth-order valence-electron chi connectivity index (χ4n) is 5.01. The van der Waals surface area contributed by atoms with Gasteiger partial charge in [0.15, 0.2) is 0 Å². The summed E-state index contributed by atoms with van der Waals surface area (Å²) < 4.78 is 0. The minimum atomic E-state index is -0.526. The molecule has 1 saturated carbocycles. The molecule has 1 amide bonds. The van der Waals surface area contributed by atoms with E-state index in [1.165, 1.54) is 0 Å². The van der Waals surface area contributed by atoms with Gasteiger partial charge in [0, 0.05) is 29.4 Å². The molecule has 1 aliphatic carbocycles. The van der Waals surface area contributed by atoms with Crippen molar-refractivity contribution in [3.05, 3.63) is 100 Å². The number of nitrogens with one attached hydrogen (secondary N) is 1. The number of nitriles is 1. The highest BCUT2D eigenvalue weighted by Crippen LogP contribution is 2.41. The van der Waals surface area contributed by atoms with Crippen LogP contribution in [0, 0.1) is 11.3 Å². The smallest absolute Gasteiger partial charge is 0.230 e. The van der Waals surface area contributed by atoms with Gasteiger partial charge < -0.3 is 5.32 Å². The highest BCUT2D eigenvalue weighted by Gasteiger charge is 2.43. The van der Waals surface area contributed by atoms with E-state index >= 15 is 0 Å². The van der Waals surface area contributed by atoms with Crippen molar-refractivity contribution in [1.82, 2.24) is 10.3 Å². The van der Waals surface area contributed by atoms with Crippen molar-refractivity contribution in [1.29, 1.82) is 5.26 Å². The fourth-order valence-corrected chi connectivity index (χ4v) is 5.14. The van der Waals surface area contributed by atoms with Gasteiger partial charge in [0.2, 0.25) is 5.91 Å². The molecule has 2 aromatic carbocycles. The van der Waals surface area contributed by atoms with Gasteiger partial charge in [-0.25, -0.2) is 0 Å². The van der Waals surface area contributed by atoms with Crippen LogP contribution in [0.15, 0.2) is 73.1 Å². The van der Waals surface area contributed by atoms with E-state index in [1.54, 1.807) is 6.20 Å². The van der Waals surface area contributed by atoms with Crippen molar-refractivity contribution in [2.24, 2.45) is 0 Å². The Kier molecular flexibility index (Phi) is 7.11. The number of rotatable bonds is 7. The maximum atomic E-state index is 13.7. The number of hydrogen-bond acceptors (Lipinski definition) is 3. The Balaban J connectivity index is 1.62. The van der Waals surface area contributed by atoms with Crippen molar-refractivity contribution in [3.63, 3.8) is 0 Å². The molecule has 0 spiro atoms. The number of pyridine rings is 1. The van der Waals surface area contributed by atoms with E-state index in [-0.39, 0.29) is 17.9 Å². The topological polar surface area (TPSA) is 65.8 Å². The molecule has 0 bridgehead atoms. The van der Waals surface area contributed by atoms with E-state index in [9.17, 15) is 10.1 Å². The molecule has 1 aliphatic rings. The van der Waals surface area contributed by atoms with E-state index in [1.807, 2.05) is 66.9 Å². The minimum absolute atomic E-state index is 0.00998. The van der Waals surface area contributed by atoms with E-state index in [2.05, 4.69) is 23.3 Å². The molecule has 0 saturated heterocycles. The van der Waals surface area contributed by atoms with Crippen molar-refractivity contribution in [2.75, 3.05) is 0 Å². The Morgan fingerprint density at radius 2 is 1.91 bits per heavy atom. The van der Waals surface area contributed by atoms with Gasteiger partial charge in [-0.05, 0) is 73.2 Å². The Morgan fingerprint density at radius 3 is 2.58 bits per heavy atom. The van der Waals surface area contributed by atoms with Crippen molar-refractivity contribution in [2.45, 2.75) is 56.4 Å². The Morgan fingerprint density at radius 1 is 1.15 bits per heavy atom. The quantitative estimate of drug-likeness (QED) is 0.476. The average molecular weight is 458 g/mol. The zero-order chi connectivity index (χ0) is 23.3. The number of amides is 1. The molecule has 5 heteroatoms. The normalized spacial score (nSPS) is 16.5. The summed E-state index contributed by atoms with van der Waals surface area (Å²) in [5, 5.41) is 13.5. The maximum Gasteiger partial charge on any atom is 0.230 e. The predicted octanol–water partition coefficient (Wildman–Crippen LogP) is 5.95. The molecular weight excluding hydrogens is 430 g/mol. The summed E-state index contributed by atoms with van der Waals surface area (Å²) in [5.41, 5.74) is 3.26. The molecule has 2 atom stereocenters. The van der Waals surface area contributed by atoms with Crippen LogP contribution in [-0.2, 0) is 16.6 Å². The monoisotopic (exact) mass is 457 g/mol. The van der Waals surface area contributed by atoms with Gasteiger partial charge in [-0.2, -0.15) is 5.26 Å². The summed E-state index contributed by atoms with van der Waals surface area (Å²) in [6.07, 6.45) is 8.05. The molecule has 3 aromatic rings. The summed E-state index contributed by atoms with van der Waals surface area (Å²) in [6.45, 7) is 2.06. The lowest BCUT2D eigenvalue weighted by molar-refractivity contribution is -0.127. The molecule has 1 heterocycles. The van der Waals surface area contributed by atoms with Gasteiger partial charge in [0.25, 0.3) is 0 Å². The lowest BCUT2D eigenvalue weighted by atomic mass is 9.78. The number of carbonyl (C=O) groups excluding carboxylic acids is 1. The molecule has 4 nitrogen and oxygen atoms in total. The summed E-state index contributed by atoms with van der Waals surface area (Å²) in [6, 6.07) is 21.5.